The maximum atomic E-state index is 12.5. The Balaban J connectivity index is 2.93. The molecule has 3 amide bonds. The molecule has 1 aromatic rings. The quantitative estimate of drug-likeness (QED) is 0.719. The minimum atomic E-state index is -0.703. The van der Waals surface area contributed by atoms with Crippen molar-refractivity contribution in [3.8, 4) is 5.75 Å². The largest absolute Gasteiger partial charge is 0.496 e. The summed E-state index contributed by atoms with van der Waals surface area (Å²) in [4.78, 5) is 23.7. The molecular formula is C17H27N3O3. The number of benzene rings is 1. The van der Waals surface area contributed by atoms with Crippen LogP contribution in [0.25, 0.3) is 0 Å². The third-order valence-corrected chi connectivity index (χ3v) is 4.00. The van der Waals surface area contributed by atoms with E-state index in [2.05, 4.69) is 10.6 Å². The van der Waals surface area contributed by atoms with Gasteiger partial charge in [-0.1, -0.05) is 38.0 Å². The number of urea groups is 1. The van der Waals surface area contributed by atoms with Gasteiger partial charge in [-0.2, -0.15) is 0 Å². The lowest BCUT2D eigenvalue weighted by Crippen LogP contribution is -2.52. The molecule has 0 aliphatic heterocycles. The summed E-state index contributed by atoms with van der Waals surface area (Å²) in [5.74, 6) is 0.440. The molecule has 0 saturated heterocycles. The zero-order chi connectivity index (χ0) is 17.6. The number of carbonyl (C=O) groups excluding carboxylic acids is 2. The third kappa shape index (κ3) is 5.16. The summed E-state index contributed by atoms with van der Waals surface area (Å²) in [6.07, 6.45) is 0.751. The van der Waals surface area contributed by atoms with Crippen LogP contribution in [-0.2, 0) is 4.79 Å². The van der Waals surface area contributed by atoms with Crippen LogP contribution in [0.2, 0.25) is 0 Å². The molecular weight excluding hydrogens is 294 g/mol. The zero-order valence-electron chi connectivity index (χ0n) is 14.5. The molecule has 3 unspecified atom stereocenters. The van der Waals surface area contributed by atoms with Gasteiger partial charge in [0.15, 0.2) is 0 Å². The Bertz CT molecular complexity index is 560. The van der Waals surface area contributed by atoms with Gasteiger partial charge in [0, 0.05) is 5.56 Å². The van der Waals surface area contributed by atoms with Crippen molar-refractivity contribution < 1.29 is 14.3 Å². The monoisotopic (exact) mass is 321 g/mol. The average Bonchev–Trinajstić information content (AvgIpc) is 2.51. The van der Waals surface area contributed by atoms with E-state index in [0.29, 0.717) is 5.75 Å². The van der Waals surface area contributed by atoms with Gasteiger partial charge < -0.3 is 21.1 Å². The molecule has 3 atom stereocenters. The summed E-state index contributed by atoms with van der Waals surface area (Å²) in [5, 5.41) is 5.45. The fourth-order valence-electron chi connectivity index (χ4n) is 2.43. The fraction of sp³-hybridized carbons (Fsp3) is 0.529. The van der Waals surface area contributed by atoms with Crippen LogP contribution in [0.15, 0.2) is 18.2 Å². The molecule has 0 aliphatic rings. The molecule has 6 nitrogen and oxygen atoms in total. The second-order valence-electron chi connectivity index (χ2n) is 5.85. The maximum Gasteiger partial charge on any atom is 0.312 e. The predicted octanol–water partition coefficient (Wildman–Crippen LogP) is 2.26. The van der Waals surface area contributed by atoms with Gasteiger partial charge in [-0.3, -0.25) is 4.79 Å². The summed E-state index contributed by atoms with van der Waals surface area (Å²) in [7, 11) is 1.60. The molecule has 6 heteroatoms. The highest BCUT2D eigenvalue weighted by atomic mass is 16.5. The minimum absolute atomic E-state index is 0.0193. The number of amides is 3. The molecule has 23 heavy (non-hydrogen) atoms. The molecule has 0 aliphatic carbocycles. The number of nitrogens with one attached hydrogen (secondary N) is 2. The molecule has 0 spiro atoms. The van der Waals surface area contributed by atoms with Crippen molar-refractivity contribution in [2.75, 3.05) is 7.11 Å². The Morgan fingerprint density at radius 2 is 1.91 bits per heavy atom. The van der Waals surface area contributed by atoms with Gasteiger partial charge >= 0.3 is 6.03 Å². The summed E-state index contributed by atoms with van der Waals surface area (Å²) < 4.78 is 5.36. The number of rotatable bonds is 7. The highest BCUT2D eigenvalue weighted by Crippen LogP contribution is 2.26. The van der Waals surface area contributed by atoms with Crippen molar-refractivity contribution in [1.29, 1.82) is 0 Å². The highest BCUT2D eigenvalue weighted by molar-refractivity contribution is 5.87. The maximum absolute atomic E-state index is 12.5. The summed E-state index contributed by atoms with van der Waals surface area (Å²) in [5.41, 5.74) is 7.15. The first-order valence-corrected chi connectivity index (χ1v) is 7.81. The van der Waals surface area contributed by atoms with Crippen LogP contribution < -0.4 is 21.1 Å². The van der Waals surface area contributed by atoms with Gasteiger partial charge in [0.1, 0.15) is 11.8 Å². The Morgan fingerprint density at radius 1 is 1.26 bits per heavy atom. The molecule has 4 N–H and O–H groups in total. The Hall–Kier alpha value is -2.24. The molecule has 128 valence electrons. The van der Waals surface area contributed by atoms with E-state index in [9.17, 15) is 9.59 Å². The second-order valence-corrected chi connectivity index (χ2v) is 5.85. The van der Waals surface area contributed by atoms with E-state index in [-0.39, 0.29) is 17.9 Å². The lowest BCUT2D eigenvalue weighted by molar-refractivity contribution is -0.124. The number of aryl methyl sites for hydroxylation is 1. The molecule has 0 radical (unpaired) electrons. The average molecular weight is 321 g/mol. The number of primary amides is 1. The first-order valence-electron chi connectivity index (χ1n) is 7.81. The van der Waals surface area contributed by atoms with Gasteiger partial charge in [-0.15, -0.1) is 0 Å². The van der Waals surface area contributed by atoms with Crippen molar-refractivity contribution in [1.82, 2.24) is 10.6 Å². The van der Waals surface area contributed by atoms with E-state index in [1.54, 1.807) is 7.11 Å². The number of methoxy groups -OCH3 is 1. The predicted molar refractivity (Wildman–Crippen MR) is 90.3 cm³/mol. The van der Waals surface area contributed by atoms with Gasteiger partial charge in [0.05, 0.1) is 13.2 Å². The SMILES string of the molecule is CCC(C)C(NC(N)=O)C(=O)NC(C)c1cc(C)ccc1OC. The van der Waals surface area contributed by atoms with Crippen molar-refractivity contribution in [3.05, 3.63) is 29.3 Å². The van der Waals surface area contributed by atoms with Gasteiger partial charge in [0.25, 0.3) is 0 Å². The van der Waals surface area contributed by atoms with E-state index in [1.807, 2.05) is 45.9 Å². The van der Waals surface area contributed by atoms with Crippen LogP contribution >= 0.6 is 0 Å². The molecule has 0 fully saturated rings. The van der Waals surface area contributed by atoms with E-state index in [1.165, 1.54) is 0 Å². The van der Waals surface area contributed by atoms with Gasteiger partial charge in [0.2, 0.25) is 5.91 Å². The molecule has 0 heterocycles. The highest BCUT2D eigenvalue weighted by Gasteiger charge is 2.27. The topological polar surface area (TPSA) is 93.5 Å². The van der Waals surface area contributed by atoms with Gasteiger partial charge in [-0.25, -0.2) is 4.79 Å². The van der Waals surface area contributed by atoms with E-state index < -0.39 is 12.1 Å². The van der Waals surface area contributed by atoms with Crippen molar-refractivity contribution in [2.24, 2.45) is 11.7 Å². The Kier molecular flexibility index (Phi) is 6.88. The Morgan fingerprint density at radius 3 is 2.43 bits per heavy atom. The summed E-state index contributed by atoms with van der Waals surface area (Å²) >= 11 is 0. The van der Waals surface area contributed by atoms with Crippen molar-refractivity contribution in [3.63, 3.8) is 0 Å². The minimum Gasteiger partial charge on any atom is -0.496 e. The number of ether oxygens (including phenoxy) is 1. The summed E-state index contributed by atoms with van der Waals surface area (Å²) in [6, 6.07) is 4.19. The summed E-state index contributed by atoms with van der Waals surface area (Å²) in [6.45, 7) is 7.72. The molecule has 0 bridgehead atoms. The normalized spacial score (nSPS) is 14.5. The van der Waals surface area contributed by atoms with Crippen LogP contribution in [0.1, 0.15) is 44.4 Å². The van der Waals surface area contributed by atoms with Crippen LogP contribution in [0, 0.1) is 12.8 Å². The van der Waals surface area contributed by atoms with Crippen LogP contribution in [0.3, 0.4) is 0 Å². The van der Waals surface area contributed by atoms with E-state index in [0.717, 1.165) is 17.5 Å². The zero-order valence-corrected chi connectivity index (χ0v) is 14.5. The second kappa shape index (κ2) is 8.41. The fourth-order valence-corrected chi connectivity index (χ4v) is 2.43. The lowest BCUT2D eigenvalue weighted by atomic mass is 9.97. The third-order valence-electron chi connectivity index (χ3n) is 4.00. The van der Waals surface area contributed by atoms with Crippen molar-refractivity contribution in [2.45, 2.75) is 46.2 Å². The number of hydrogen-bond acceptors (Lipinski definition) is 3. The first kappa shape index (κ1) is 18.8. The molecule has 0 aromatic heterocycles. The standard InChI is InChI=1S/C17H27N3O3/c1-6-11(3)15(20-17(18)22)16(21)19-12(4)13-9-10(2)7-8-14(13)23-5/h7-9,11-12,15H,6H2,1-5H3,(H,19,21)(H3,18,20,22). The molecule has 0 saturated carbocycles. The smallest absolute Gasteiger partial charge is 0.312 e. The van der Waals surface area contributed by atoms with E-state index in [4.69, 9.17) is 10.5 Å². The van der Waals surface area contributed by atoms with E-state index >= 15 is 0 Å². The van der Waals surface area contributed by atoms with Gasteiger partial charge in [-0.05, 0) is 25.8 Å². The van der Waals surface area contributed by atoms with Crippen LogP contribution in [0.4, 0.5) is 4.79 Å². The van der Waals surface area contributed by atoms with Crippen molar-refractivity contribution >= 4 is 11.9 Å². The number of nitrogens with two attached hydrogens (primary N) is 1. The first-order chi connectivity index (χ1) is 10.8. The van der Waals surface area contributed by atoms with Crippen LogP contribution in [0.5, 0.6) is 5.75 Å². The number of hydrogen-bond donors (Lipinski definition) is 3. The Labute approximate surface area is 137 Å². The molecule has 1 aromatic carbocycles. The molecule has 1 rings (SSSR count). The lowest BCUT2D eigenvalue weighted by Gasteiger charge is -2.25. The van der Waals surface area contributed by atoms with Crippen LogP contribution in [-0.4, -0.2) is 25.1 Å². The number of carbonyl (C=O) groups is 2.